The molecule has 0 aliphatic heterocycles. The first kappa shape index (κ1) is 10.6. The summed E-state index contributed by atoms with van der Waals surface area (Å²) >= 11 is 2.26. The molecule has 3 rings (SSSR count). The monoisotopic (exact) mass is 333 g/mol. The summed E-state index contributed by atoms with van der Waals surface area (Å²) in [5, 5.41) is 0. The Bertz CT molecular complexity index is 668. The summed E-state index contributed by atoms with van der Waals surface area (Å²) < 4.78 is 1.09. The fourth-order valence-corrected chi connectivity index (χ4v) is 2.29. The molecule has 0 spiro atoms. The first-order chi connectivity index (χ1) is 8.36. The number of rotatable bonds is 1. The second-order valence-corrected chi connectivity index (χ2v) is 4.74. The maximum Gasteiger partial charge on any atom is 0.116 e. The van der Waals surface area contributed by atoms with Crippen LogP contribution in [0.3, 0.4) is 0 Å². The van der Waals surface area contributed by atoms with Crippen LogP contribution in [0.1, 0.15) is 0 Å². The molecular formula is C13H8IN3. The van der Waals surface area contributed by atoms with Crippen molar-refractivity contribution in [3.05, 3.63) is 52.5 Å². The van der Waals surface area contributed by atoms with Gasteiger partial charge in [-0.1, -0.05) is 30.3 Å². The minimum atomic E-state index is 0.852. The average molecular weight is 333 g/mol. The molecule has 2 aromatic heterocycles. The quantitative estimate of drug-likeness (QED) is 0.642. The summed E-state index contributed by atoms with van der Waals surface area (Å²) in [5.41, 5.74) is 3.70. The summed E-state index contributed by atoms with van der Waals surface area (Å²) in [6.07, 6.45) is 3.38. The van der Waals surface area contributed by atoms with E-state index in [-0.39, 0.29) is 0 Å². The van der Waals surface area contributed by atoms with E-state index < -0.39 is 0 Å². The highest BCUT2D eigenvalue weighted by molar-refractivity contribution is 14.1. The minimum absolute atomic E-state index is 0.852. The van der Waals surface area contributed by atoms with Gasteiger partial charge in [-0.25, -0.2) is 9.97 Å². The molecule has 0 unspecified atom stereocenters. The highest BCUT2D eigenvalue weighted by Crippen LogP contribution is 2.25. The van der Waals surface area contributed by atoms with Crippen LogP contribution in [0.2, 0.25) is 0 Å². The fraction of sp³-hybridized carbons (Fsp3) is 0. The van der Waals surface area contributed by atoms with Gasteiger partial charge in [0, 0.05) is 15.3 Å². The highest BCUT2D eigenvalue weighted by Gasteiger charge is 2.08. The predicted molar refractivity (Wildman–Crippen MR) is 75.5 cm³/mol. The predicted octanol–water partition coefficient (Wildman–Crippen LogP) is 3.30. The Labute approximate surface area is 112 Å². The van der Waals surface area contributed by atoms with Gasteiger partial charge in [-0.05, 0) is 28.7 Å². The number of fused-ring (bicyclic) bond motifs is 1. The zero-order valence-corrected chi connectivity index (χ0v) is 11.0. The molecule has 0 N–H and O–H groups in total. The maximum atomic E-state index is 4.39. The van der Waals surface area contributed by atoms with Crippen molar-refractivity contribution in [2.45, 2.75) is 0 Å². The third-order valence-corrected chi connectivity index (χ3v) is 3.39. The molecular weight excluding hydrogens is 325 g/mol. The van der Waals surface area contributed by atoms with Gasteiger partial charge >= 0.3 is 0 Å². The van der Waals surface area contributed by atoms with Crippen LogP contribution in [0, 0.1) is 3.57 Å². The third-order valence-electron chi connectivity index (χ3n) is 2.52. The number of nitrogens with zero attached hydrogens (tertiary/aromatic N) is 3. The lowest BCUT2D eigenvalue weighted by Crippen LogP contribution is -1.92. The summed E-state index contributed by atoms with van der Waals surface area (Å²) in [6.45, 7) is 0. The number of pyridine rings is 1. The third kappa shape index (κ3) is 1.88. The second-order valence-electron chi connectivity index (χ2n) is 3.58. The van der Waals surface area contributed by atoms with E-state index in [9.17, 15) is 0 Å². The van der Waals surface area contributed by atoms with E-state index in [0.29, 0.717) is 0 Å². The van der Waals surface area contributed by atoms with Crippen molar-refractivity contribution in [1.29, 1.82) is 0 Å². The molecule has 4 heteroatoms. The Morgan fingerprint density at radius 2 is 1.65 bits per heavy atom. The molecule has 0 atom stereocenters. The van der Waals surface area contributed by atoms with Gasteiger partial charge in [0.15, 0.2) is 0 Å². The van der Waals surface area contributed by atoms with Crippen LogP contribution in [-0.2, 0) is 0 Å². The zero-order chi connectivity index (χ0) is 11.7. The molecule has 0 saturated heterocycles. The lowest BCUT2D eigenvalue weighted by molar-refractivity contribution is 1.19. The van der Waals surface area contributed by atoms with Crippen LogP contribution in [-0.4, -0.2) is 15.0 Å². The van der Waals surface area contributed by atoms with E-state index in [2.05, 4.69) is 37.5 Å². The normalized spacial score (nSPS) is 10.6. The van der Waals surface area contributed by atoms with Gasteiger partial charge in [0.25, 0.3) is 0 Å². The van der Waals surface area contributed by atoms with Crippen LogP contribution in [0.25, 0.3) is 22.3 Å². The van der Waals surface area contributed by atoms with Crippen molar-refractivity contribution in [3.63, 3.8) is 0 Å². The molecule has 1 aromatic carbocycles. The number of hydrogen-bond donors (Lipinski definition) is 0. The van der Waals surface area contributed by atoms with Crippen LogP contribution in [0.15, 0.2) is 48.9 Å². The molecule has 0 amide bonds. The number of aromatic nitrogens is 3. The van der Waals surface area contributed by atoms with E-state index in [1.54, 1.807) is 12.5 Å². The topological polar surface area (TPSA) is 38.7 Å². The summed E-state index contributed by atoms with van der Waals surface area (Å²) in [5.74, 6) is 0. The zero-order valence-electron chi connectivity index (χ0n) is 8.84. The molecule has 82 valence electrons. The van der Waals surface area contributed by atoms with Gasteiger partial charge in [-0.15, -0.1) is 0 Å². The SMILES string of the molecule is Ic1ccnc2c(-c3ccccc3)ncnc12. The van der Waals surface area contributed by atoms with E-state index in [1.165, 1.54) is 0 Å². The van der Waals surface area contributed by atoms with Crippen molar-refractivity contribution in [1.82, 2.24) is 15.0 Å². The van der Waals surface area contributed by atoms with Gasteiger partial charge in [0.05, 0.1) is 5.69 Å². The van der Waals surface area contributed by atoms with Gasteiger partial charge in [0.1, 0.15) is 17.4 Å². The summed E-state index contributed by atoms with van der Waals surface area (Å²) in [6, 6.07) is 12.0. The standard InChI is InChI=1S/C13H8IN3/c14-10-6-7-15-13-11(16-8-17-12(10)13)9-4-2-1-3-5-9/h1-8H. The number of benzene rings is 1. The summed E-state index contributed by atoms with van der Waals surface area (Å²) in [4.78, 5) is 13.0. The Morgan fingerprint density at radius 1 is 0.824 bits per heavy atom. The van der Waals surface area contributed by atoms with Crippen molar-refractivity contribution in [2.75, 3.05) is 0 Å². The van der Waals surface area contributed by atoms with E-state index in [4.69, 9.17) is 0 Å². The molecule has 0 saturated carbocycles. The van der Waals surface area contributed by atoms with Crippen molar-refractivity contribution >= 4 is 33.6 Å². The second kappa shape index (κ2) is 4.37. The van der Waals surface area contributed by atoms with E-state index in [1.807, 2.05) is 36.4 Å². The largest absolute Gasteiger partial charge is 0.252 e. The molecule has 3 nitrogen and oxygen atoms in total. The Kier molecular flexibility index (Phi) is 2.72. The molecule has 0 radical (unpaired) electrons. The van der Waals surface area contributed by atoms with E-state index >= 15 is 0 Å². The highest BCUT2D eigenvalue weighted by atomic mass is 127. The van der Waals surface area contributed by atoms with Crippen LogP contribution in [0.5, 0.6) is 0 Å². The Balaban J connectivity index is 2.35. The number of halogens is 1. The Hall–Kier alpha value is -1.56. The smallest absolute Gasteiger partial charge is 0.116 e. The first-order valence-corrected chi connectivity index (χ1v) is 6.25. The molecule has 3 aromatic rings. The van der Waals surface area contributed by atoms with Crippen molar-refractivity contribution < 1.29 is 0 Å². The number of hydrogen-bond acceptors (Lipinski definition) is 3. The fourth-order valence-electron chi connectivity index (χ4n) is 1.74. The molecule has 17 heavy (non-hydrogen) atoms. The molecule has 0 bridgehead atoms. The molecule has 0 fully saturated rings. The molecule has 0 aliphatic rings. The van der Waals surface area contributed by atoms with Gasteiger partial charge < -0.3 is 0 Å². The maximum absolute atomic E-state index is 4.39. The van der Waals surface area contributed by atoms with Gasteiger partial charge in [-0.3, -0.25) is 4.98 Å². The van der Waals surface area contributed by atoms with Crippen molar-refractivity contribution in [2.24, 2.45) is 0 Å². The van der Waals surface area contributed by atoms with Crippen LogP contribution in [0.4, 0.5) is 0 Å². The minimum Gasteiger partial charge on any atom is -0.252 e. The lowest BCUT2D eigenvalue weighted by atomic mass is 10.1. The molecule has 0 aliphatic carbocycles. The van der Waals surface area contributed by atoms with Crippen molar-refractivity contribution in [3.8, 4) is 11.3 Å². The average Bonchev–Trinajstić information content (AvgIpc) is 2.40. The Morgan fingerprint density at radius 3 is 2.47 bits per heavy atom. The van der Waals surface area contributed by atoms with E-state index in [0.717, 1.165) is 25.9 Å². The lowest BCUT2D eigenvalue weighted by Gasteiger charge is -2.04. The van der Waals surface area contributed by atoms with Crippen LogP contribution >= 0.6 is 22.6 Å². The van der Waals surface area contributed by atoms with Gasteiger partial charge in [0.2, 0.25) is 0 Å². The summed E-state index contributed by atoms with van der Waals surface area (Å²) in [7, 11) is 0. The first-order valence-electron chi connectivity index (χ1n) is 5.17. The van der Waals surface area contributed by atoms with Gasteiger partial charge in [-0.2, -0.15) is 0 Å². The molecule has 2 heterocycles. The van der Waals surface area contributed by atoms with Crippen LogP contribution < -0.4 is 0 Å².